The minimum Gasteiger partial charge on any atom is -0.480 e. The number of hydrogen-bond donors (Lipinski definition) is 3. The monoisotopic (exact) mass is 437 g/mol. The van der Waals surface area contributed by atoms with E-state index in [1.807, 2.05) is 0 Å². The van der Waals surface area contributed by atoms with Gasteiger partial charge in [0.2, 0.25) is 0 Å². The molecule has 17 heteroatoms. The van der Waals surface area contributed by atoms with Crippen molar-refractivity contribution in [2.24, 2.45) is 0 Å². The van der Waals surface area contributed by atoms with Crippen molar-refractivity contribution in [2.45, 2.75) is 41.9 Å². The second kappa shape index (κ2) is 7.14. The summed E-state index contributed by atoms with van der Waals surface area (Å²) in [4.78, 5) is 10.0. The number of nitrogens with one attached hydrogen (secondary N) is 1. The second-order valence-electron chi connectivity index (χ2n) is 4.96. The van der Waals surface area contributed by atoms with Crippen LogP contribution in [0, 0.1) is 0 Å². The van der Waals surface area contributed by atoms with Crippen molar-refractivity contribution in [3.8, 4) is 0 Å². The van der Waals surface area contributed by atoms with Crippen LogP contribution in [0.15, 0.2) is 0 Å². The minimum atomic E-state index is -8.06. The van der Waals surface area contributed by atoms with Crippen molar-refractivity contribution >= 4 is 5.97 Å². The highest BCUT2D eigenvalue weighted by atomic mass is 19.4. The molecule has 0 heterocycles. The molecular weight excluding hydrogens is 429 g/mol. The van der Waals surface area contributed by atoms with Gasteiger partial charge in [-0.25, -0.2) is 0 Å². The molecular formula is C10H8F13NO3. The van der Waals surface area contributed by atoms with Crippen molar-refractivity contribution in [1.82, 2.24) is 5.32 Å². The lowest BCUT2D eigenvalue weighted by molar-refractivity contribution is -0.444. The molecule has 0 fully saturated rings. The van der Waals surface area contributed by atoms with Crippen LogP contribution in [0.2, 0.25) is 0 Å². The lowest BCUT2D eigenvalue weighted by Crippen LogP contribution is -2.72. The predicted octanol–water partition coefficient (Wildman–Crippen LogP) is 2.76. The summed E-state index contributed by atoms with van der Waals surface area (Å²) in [7, 11) is 0. The van der Waals surface area contributed by atoms with E-state index in [4.69, 9.17) is 10.2 Å². The van der Waals surface area contributed by atoms with Gasteiger partial charge >= 0.3 is 41.8 Å². The van der Waals surface area contributed by atoms with Gasteiger partial charge in [-0.3, -0.25) is 4.79 Å². The van der Waals surface area contributed by atoms with Crippen molar-refractivity contribution in [3.63, 3.8) is 0 Å². The Labute approximate surface area is 139 Å². The van der Waals surface area contributed by atoms with Gasteiger partial charge in [0.15, 0.2) is 0 Å². The minimum absolute atomic E-state index is 1.28. The Kier molecular flexibility index (Phi) is 6.74. The van der Waals surface area contributed by atoms with Crippen LogP contribution >= 0.6 is 0 Å². The summed E-state index contributed by atoms with van der Waals surface area (Å²) < 4.78 is 166. The fourth-order valence-electron chi connectivity index (χ4n) is 1.43. The Morgan fingerprint density at radius 2 is 1.11 bits per heavy atom. The maximum Gasteiger partial charge on any atom is 0.460 e. The molecule has 0 aliphatic rings. The Balaban J connectivity index is 5.97. The molecule has 0 saturated heterocycles. The standard InChI is InChI=1S/C10H8F13NO3/c11-5(12,3(25)1-24-2-4(26)27)6(13,14)7(15,16)8(17,18)9(19,20)10(21,22)23/h3,24-25H,1-2H2,(H,26,27)/t3-/m0/s1. The molecule has 0 bridgehead atoms. The molecule has 162 valence electrons. The summed E-state index contributed by atoms with van der Waals surface area (Å²) >= 11 is 0. The van der Waals surface area contributed by atoms with E-state index in [1.54, 1.807) is 0 Å². The molecule has 0 rings (SSSR count). The van der Waals surface area contributed by atoms with E-state index in [1.165, 1.54) is 5.32 Å². The largest absolute Gasteiger partial charge is 0.480 e. The Morgan fingerprint density at radius 1 is 0.741 bits per heavy atom. The van der Waals surface area contributed by atoms with Gasteiger partial charge in [-0.2, -0.15) is 57.1 Å². The Bertz CT molecular complexity index is 545. The predicted molar refractivity (Wildman–Crippen MR) is 57.3 cm³/mol. The lowest BCUT2D eigenvalue weighted by atomic mass is 9.91. The quantitative estimate of drug-likeness (QED) is 0.486. The van der Waals surface area contributed by atoms with E-state index < -0.39 is 61.0 Å². The summed E-state index contributed by atoms with van der Waals surface area (Å²) in [5, 5.41) is 18.1. The fraction of sp³-hybridized carbons (Fsp3) is 0.900. The van der Waals surface area contributed by atoms with Gasteiger partial charge in [0.05, 0.1) is 6.54 Å². The van der Waals surface area contributed by atoms with E-state index in [-0.39, 0.29) is 0 Å². The van der Waals surface area contributed by atoms with Crippen LogP contribution in [0.3, 0.4) is 0 Å². The number of aliphatic carboxylic acids is 1. The van der Waals surface area contributed by atoms with Crippen LogP contribution in [-0.4, -0.2) is 71.2 Å². The van der Waals surface area contributed by atoms with Crippen molar-refractivity contribution < 1.29 is 72.1 Å². The van der Waals surface area contributed by atoms with Crippen molar-refractivity contribution in [2.75, 3.05) is 13.1 Å². The van der Waals surface area contributed by atoms with Gasteiger partial charge in [-0.05, 0) is 0 Å². The SMILES string of the molecule is O=C(O)CNC[C@H](O)C(F)(F)C(F)(F)C(F)(F)C(F)(F)C(F)(F)C(F)(F)F. The first-order chi connectivity index (χ1) is 11.6. The Hall–Kier alpha value is -1.52. The molecule has 0 unspecified atom stereocenters. The molecule has 1 atom stereocenters. The number of halogens is 13. The third-order valence-corrected chi connectivity index (χ3v) is 2.99. The normalized spacial score (nSPS) is 16.4. The van der Waals surface area contributed by atoms with E-state index in [0.29, 0.717) is 0 Å². The van der Waals surface area contributed by atoms with Gasteiger partial charge in [0, 0.05) is 6.54 Å². The molecule has 0 spiro atoms. The highest BCUT2D eigenvalue weighted by Crippen LogP contribution is 2.60. The molecule has 4 nitrogen and oxygen atoms in total. The zero-order chi connectivity index (χ0) is 22.3. The molecule has 0 saturated carbocycles. The molecule has 0 aliphatic heterocycles. The highest BCUT2D eigenvalue weighted by Gasteiger charge is 2.91. The van der Waals surface area contributed by atoms with Crippen LogP contribution in [0.1, 0.15) is 0 Å². The topological polar surface area (TPSA) is 69.6 Å². The average Bonchev–Trinajstić information content (AvgIpc) is 2.44. The van der Waals surface area contributed by atoms with Crippen molar-refractivity contribution in [1.29, 1.82) is 0 Å². The van der Waals surface area contributed by atoms with E-state index >= 15 is 0 Å². The molecule has 0 aromatic heterocycles. The van der Waals surface area contributed by atoms with Crippen molar-refractivity contribution in [3.05, 3.63) is 0 Å². The summed E-state index contributed by atoms with van der Waals surface area (Å²) in [6.45, 7) is -3.27. The van der Waals surface area contributed by atoms with E-state index in [0.717, 1.165) is 0 Å². The Morgan fingerprint density at radius 3 is 1.44 bits per heavy atom. The molecule has 0 radical (unpaired) electrons. The van der Waals surface area contributed by atoms with Crippen LogP contribution in [-0.2, 0) is 4.79 Å². The first-order valence-corrected chi connectivity index (χ1v) is 6.15. The van der Waals surface area contributed by atoms with Gasteiger partial charge in [0.25, 0.3) is 0 Å². The van der Waals surface area contributed by atoms with Crippen LogP contribution in [0.5, 0.6) is 0 Å². The average molecular weight is 437 g/mol. The number of carboxylic acids is 1. The highest BCUT2D eigenvalue weighted by molar-refractivity contribution is 5.68. The zero-order valence-electron chi connectivity index (χ0n) is 12.2. The first kappa shape index (κ1) is 25.5. The van der Waals surface area contributed by atoms with Gasteiger partial charge in [-0.1, -0.05) is 0 Å². The van der Waals surface area contributed by atoms with Crippen LogP contribution in [0.25, 0.3) is 0 Å². The molecule has 0 aromatic carbocycles. The maximum absolute atomic E-state index is 13.3. The third-order valence-electron chi connectivity index (χ3n) is 2.99. The number of carbonyl (C=O) groups is 1. The van der Waals surface area contributed by atoms with Crippen LogP contribution in [0.4, 0.5) is 57.1 Å². The van der Waals surface area contributed by atoms with Crippen LogP contribution < -0.4 is 5.32 Å². The van der Waals surface area contributed by atoms with Gasteiger partial charge in [0.1, 0.15) is 6.10 Å². The number of alkyl halides is 13. The van der Waals surface area contributed by atoms with Gasteiger partial charge < -0.3 is 15.5 Å². The zero-order valence-corrected chi connectivity index (χ0v) is 12.2. The second-order valence-corrected chi connectivity index (χ2v) is 4.96. The smallest absolute Gasteiger partial charge is 0.460 e. The summed E-state index contributed by atoms with van der Waals surface area (Å²) in [6.07, 6.45) is -11.6. The lowest BCUT2D eigenvalue weighted by Gasteiger charge is -2.40. The maximum atomic E-state index is 13.3. The number of hydrogen-bond acceptors (Lipinski definition) is 3. The first-order valence-electron chi connectivity index (χ1n) is 6.15. The third kappa shape index (κ3) is 4.02. The number of rotatable bonds is 9. The summed E-state index contributed by atoms with van der Waals surface area (Å²) in [5.41, 5.74) is 0. The number of carboxylic acid groups (broad SMARTS) is 1. The molecule has 0 aliphatic carbocycles. The summed E-state index contributed by atoms with van der Waals surface area (Å²) in [6, 6.07) is 0. The molecule has 0 amide bonds. The van der Waals surface area contributed by atoms with Gasteiger partial charge in [-0.15, -0.1) is 0 Å². The molecule has 0 aromatic rings. The van der Waals surface area contributed by atoms with E-state index in [2.05, 4.69) is 0 Å². The fourth-order valence-corrected chi connectivity index (χ4v) is 1.43. The molecule has 3 N–H and O–H groups in total. The molecule has 27 heavy (non-hydrogen) atoms. The number of aliphatic hydroxyl groups is 1. The summed E-state index contributed by atoms with van der Waals surface area (Å²) in [5.74, 6) is -40.1. The van der Waals surface area contributed by atoms with E-state index in [9.17, 15) is 61.9 Å². The number of aliphatic hydroxyl groups excluding tert-OH is 1.